The molecule has 3 aromatic rings. The molecule has 2 aromatic heterocycles. The van der Waals surface area contributed by atoms with Crippen molar-refractivity contribution >= 4 is 16.9 Å². The molecule has 6 heteroatoms. The second-order valence-corrected chi connectivity index (χ2v) is 8.67. The van der Waals surface area contributed by atoms with E-state index >= 15 is 0 Å². The molecule has 0 aliphatic carbocycles. The molecule has 6 nitrogen and oxygen atoms in total. The van der Waals surface area contributed by atoms with Gasteiger partial charge in [-0.3, -0.25) is 9.48 Å². The number of pyridine rings is 1. The molecule has 1 aliphatic heterocycles. The number of hydrogen-bond acceptors (Lipinski definition) is 4. The van der Waals surface area contributed by atoms with Gasteiger partial charge in [0.2, 0.25) is 0 Å². The van der Waals surface area contributed by atoms with Gasteiger partial charge in [-0.15, -0.1) is 0 Å². The first kappa shape index (κ1) is 21.5. The summed E-state index contributed by atoms with van der Waals surface area (Å²) < 4.78 is 1.76. The highest BCUT2D eigenvalue weighted by molar-refractivity contribution is 6.07. The zero-order chi connectivity index (χ0) is 21.8. The number of hydrogen-bond donors (Lipinski definition) is 1. The van der Waals surface area contributed by atoms with E-state index in [2.05, 4.69) is 22.2 Å². The highest BCUT2D eigenvalue weighted by Gasteiger charge is 2.20. The zero-order valence-corrected chi connectivity index (χ0v) is 18.9. The van der Waals surface area contributed by atoms with E-state index in [9.17, 15) is 4.79 Å². The molecule has 31 heavy (non-hydrogen) atoms. The van der Waals surface area contributed by atoms with Crippen molar-refractivity contribution in [2.45, 2.75) is 52.0 Å². The number of unbranched alkanes of at least 4 members (excludes halogenated alkanes) is 1. The van der Waals surface area contributed by atoms with Crippen molar-refractivity contribution in [3.8, 4) is 11.3 Å². The van der Waals surface area contributed by atoms with Crippen molar-refractivity contribution in [2.24, 2.45) is 7.05 Å². The average molecular weight is 420 g/mol. The Balaban J connectivity index is 1.45. The van der Waals surface area contributed by atoms with Crippen LogP contribution >= 0.6 is 0 Å². The van der Waals surface area contributed by atoms with Gasteiger partial charge in [-0.25, -0.2) is 4.98 Å². The molecule has 1 aromatic carbocycles. The van der Waals surface area contributed by atoms with Crippen LogP contribution in [0.4, 0.5) is 0 Å². The molecule has 1 amide bonds. The van der Waals surface area contributed by atoms with Crippen molar-refractivity contribution in [3.63, 3.8) is 0 Å². The highest BCUT2D eigenvalue weighted by atomic mass is 16.1. The van der Waals surface area contributed by atoms with Crippen LogP contribution in [0.1, 0.15) is 55.1 Å². The lowest BCUT2D eigenvalue weighted by Gasteiger charge is -2.33. The Labute approximate surface area is 184 Å². The van der Waals surface area contributed by atoms with Crippen LogP contribution in [0.5, 0.6) is 0 Å². The third-order valence-corrected chi connectivity index (χ3v) is 6.38. The van der Waals surface area contributed by atoms with Gasteiger partial charge in [-0.2, -0.15) is 5.10 Å². The number of likely N-dealkylation sites (tertiary alicyclic amines) is 1. The zero-order valence-electron chi connectivity index (χ0n) is 18.9. The number of aromatic nitrogens is 3. The smallest absolute Gasteiger partial charge is 0.252 e. The largest absolute Gasteiger partial charge is 0.352 e. The number of carbonyl (C=O) groups is 1. The third-order valence-electron chi connectivity index (χ3n) is 6.38. The van der Waals surface area contributed by atoms with E-state index in [0.29, 0.717) is 18.2 Å². The molecule has 1 N–H and O–H groups in total. The van der Waals surface area contributed by atoms with Crippen LogP contribution < -0.4 is 5.32 Å². The number of fused-ring (bicyclic) bond motifs is 1. The minimum Gasteiger partial charge on any atom is -0.352 e. The standard InChI is InChI=1S/C25H33N5O/c1-18-11-7-9-15-30(18)16-10-8-14-26-25(31)21-17-22(20-12-5-4-6-13-20)27-24-23(21)19(2)28-29(24)3/h4-6,12-13,17-18H,7-11,14-16H2,1-3H3,(H,26,31). The van der Waals surface area contributed by atoms with E-state index < -0.39 is 0 Å². The number of rotatable bonds is 7. The van der Waals surface area contributed by atoms with Crippen molar-refractivity contribution in [3.05, 3.63) is 47.7 Å². The van der Waals surface area contributed by atoms with Gasteiger partial charge in [0.1, 0.15) is 0 Å². The van der Waals surface area contributed by atoms with E-state index in [1.54, 1.807) is 4.68 Å². The highest BCUT2D eigenvalue weighted by Crippen LogP contribution is 2.26. The Hall–Kier alpha value is -2.73. The molecule has 0 spiro atoms. The Morgan fingerprint density at radius 3 is 2.77 bits per heavy atom. The summed E-state index contributed by atoms with van der Waals surface area (Å²) in [6, 6.07) is 12.6. The van der Waals surface area contributed by atoms with Crippen LogP contribution in [0.15, 0.2) is 36.4 Å². The van der Waals surface area contributed by atoms with Gasteiger partial charge >= 0.3 is 0 Å². The average Bonchev–Trinajstić information content (AvgIpc) is 3.08. The van der Waals surface area contributed by atoms with Crippen LogP contribution in [0.25, 0.3) is 22.3 Å². The summed E-state index contributed by atoms with van der Waals surface area (Å²) in [7, 11) is 1.88. The predicted octanol–water partition coefficient (Wildman–Crippen LogP) is 4.33. The molecule has 164 valence electrons. The van der Waals surface area contributed by atoms with Gasteiger partial charge in [-0.05, 0) is 58.7 Å². The number of nitrogens with one attached hydrogen (secondary N) is 1. The van der Waals surface area contributed by atoms with E-state index in [1.807, 2.05) is 50.4 Å². The molecule has 4 rings (SSSR count). The van der Waals surface area contributed by atoms with Crippen LogP contribution in [0, 0.1) is 6.92 Å². The van der Waals surface area contributed by atoms with Crippen molar-refractivity contribution in [1.29, 1.82) is 0 Å². The van der Waals surface area contributed by atoms with Crippen molar-refractivity contribution < 1.29 is 4.79 Å². The normalized spacial score (nSPS) is 17.2. The summed E-state index contributed by atoms with van der Waals surface area (Å²) in [6.07, 6.45) is 6.07. The molecule has 1 saturated heterocycles. The first-order valence-corrected chi connectivity index (χ1v) is 11.5. The fourth-order valence-electron chi connectivity index (χ4n) is 4.61. The van der Waals surface area contributed by atoms with Gasteiger partial charge in [0, 0.05) is 25.2 Å². The molecule has 0 saturated carbocycles. The van der Waals surface area contributed by atoms with E-state index in [0.717, 1.165) is 47.4 Å². The maximum Gasteiger partial charge on any atom is 0.252 e. The summed E-state index contributed by atoms with van der Waals surface area (Å²) in [5.41, 5.74) is 4.00. The van der Waals surface area contributed by atoms with Gasteiger partial charge in [-0.1, -0.05) is 36.8 Å². The fraction of sp³-hybridized carbons (Fsp3) is 0.480. The minimum atomic E-state index is -0.0491. The topological polar surface area (TPSA) is 63.1 Å². The fourth-order valence-corrected chi connectivity index (χ4v) is 4.61. The van der Waals surface area contributed by atoms with Gasteiger partial charge < -0.3 is 10.2 Å². The van der Waals surface area contributed by atoms with Gasteiger partial charge in [0.25, 0.3) is 5.91 Å². The first-order valence-electron chi connectivity index (χ1n) is 11.5. The van der Waals surface area contributed by atoms with E-state index in [-0.39, 0.29) is 5.91 Å². The molecule has 1 aliphatic rings. The minimum absolute atomic E-state index is 0.0491. The quantitative estimate of drug-likeness (QED) is 0.579. The Kier molecular flexibility index (Phi) is 6.66. The molecule has 3 heterocycles. The molecule has 0 bridgehead atoms. The number of benzene rings is 1. The molecule has 1 atom stereocenters. The maximum atomic E-state index is 13.1. The number of amides is 1. The number of aryl methyl sites for hydroxylation is 2. The summed E-state index contributed by atoms with van der Waals surface area (Å²) in [5, 5.41) is 8.47. The van der Waals surface area contributed by atoms with Gasteiger partial charge in [0.15, 0.2) is 5.65 Å². The van der Waals surface area contributed by atoms with Crippen LogP contribution in [-0.2, 0) is 7.05 Å². The first-order chi connectivity index (χ1) is 15.0. The van der Waals surface area contributed by atoms with Crippen LogP contribution in [-0.4, -0.2) is 51.2 Å². The van der Waals surface area contributed by atoms with Gasteiger partial charge in [0.05, 0.1) is 22.3 Å². The van der Waals surface area contributed by atoms with Crippen LogP contribution in [0.2, 0.25) is 0 Å². The number of nitrogens with zero attached hydrogens (tertiary/aromatic N) is 4. The van der Waals surface area contributed by atoms with Crippen molar-refractivity contribution in [1.82, 2.24) is 25.0 Å². The van der Waals surface area contributed by atoms with Crippen molar-refractivity contribution in [2.75, 3.05) is 19.6 Å². The Bertz CT molecular complexity index is 1040. The van der Waals surface area contributed by atoms with E-state index in [1.165, 1.54) is 25.8 Å². The third kappa shape index (κ3) is 4.79. The lowest BCUT2D eigenvalue weighted by Crippen LogP contribution is -2.38. The van der Waals surface area contributed by atoms with Crippen LogP contribution in [0.3, 0.4) is 0 Å². The maximum absolute atomic E-state index is 13.1. The second-order valence-electron chi connectivity index (χ2n) is 8.67. The second kappa shape index (κ2) is 9.60. The predicted molar refractivity (Wildman–Crippen MR) is 125 cm³/mol. The summed E-state index contributed by atoms with van der Waals surface area (Å²) in [5.74, 6) is -0.0491. The monoisotopic (exact) mass is 419 g/mol. The summed E-state index contributed by atoms with van der Waals surface area (Å²) in [4.78, 5) is 20.5. The van der Waals surface area contributed by atoms with E-state index in [4.69, 9.17) is 4.98 Å². The summed E-state index contributed by atoms with van der Waals surface area (Å²) in [6.45, 7) is 7.28. The SMILES string of the molecule is Cc1nn(C)c2nc(-c3ccccc3)cc(C(=O)NCCCCN3CCCCC3C)c12. The number of piperidine rings is 1. The molecular formula is C25H33N5O. The lowest BCUT2D eigenvalue weighted by atomic mass is 10.0. The Morgan fingerprint density at radius 2 is 2.00 bits per heavy atom. The summed E-state index contributed by atoms with van der Waals surface area (Å²) >= 11 is 0. The lowest BCUT2D eigenvalue weighted by molar-refractivity contribution is 0.0953. The molecule has 1 fully saturated rings. The molecule has 1 unspecified atom stereocenters. The molecule has 0 radical (unpaired) electrons. The Morgan fingerprint density at radius 1 is 1.19 bits per heavy atom. The molecular weight excluding hydrogens is 386 g/mol. The number of carbonyl (C=O) groups excluding carboxylic acids is 1.